The number of hydrogen-bond donors (Lipinski definition) is 1. The molecule has 1 aliphatic heterocycles. The lowest BCUT2D eigenvalue weighted by atomic mass is 10.0. The third-order valence-electron chi connectivity index (χ3n) is 3.28. The van der Waals surface area contributed by atoms with E-state index in [1.807, 2.05) is 0 Å². The van der Waals surface area contributed by atoms with E-state index in [2.05, 4.69) is 15.7 Å². The summed E-state index contributed by atoms with van der Waals surface area (Å²) < 4.78 is 12.9. The molecule has 1 fully saturated rings. The highest BCUT2D eigenvalue weighted by molar-refractivity contribution is 7.13. The first-order chi connectivity index (χ1) is 8.83. The zero-order chi connectivity index (χ0) is 12.4. The second kappa shape index (κ2) is 5.16. The van der Waals surface area contributed by atoms with Crippen molar-refractivity contribution in [1.82, 2.24) is 10.3 Å². The number of hydrogen-bond acceptors (Lipinski definition) is 3. The van der Waals surface area contributed by atoms with Crippen LogP contribution in [0.3, 0.4) is 0 Å². The lowest BCUT2D eigenvalue weighted by Gasteiger charge is -2.21. The molecule has 94 valence electrons. The highest BCUT2D eigenvalue weighted by atomic mass is 32.1. The monoisotopic (exact) mass is 262 g/mol. The summed E-state index contributed by atoms with van der Waals surface area (Å²) >= 11 is 1.63. The molecule has 1 saturated heterocycles. The van der Waals surface area contributed by atoms with Gasteiger partial charge < -0.3 is 5.32 Å². The van der Waals surface area contributed by atoms with Crippen LogP contribution in [0.2, 0.25) is 0 Å². The largest absolute Gasteiger partial charge is 0.309 e. The van der Waals surface area contributed by atoms with Crippen LogP contribution in [0.5, 0.6) is 0 Å². The molecule has 1 aliphatic rings. The maximum absolute atomic E-state index is 12.9. The van der Waals surface area contributed by atoms with Gasteiger partial charge in [-0.25, -0.2) is 9.37 Å². The first kappa shape index (κ1) is 11.8. The predicted molar refractivity (Wildman–Crippen MR) is 72.1 cm³/mol. The number of aromatic nitrogens is 1. The molecule has 1 aromatic heterocycles. The molecule has 4 heteroatoms. The Morgan fingerprint density at radius 1 is 1.22 bits per heavy atom. The van der Waals surface area contributed by atoms with E-state index in [-0.39, 0.29) is 5.82 Å². The molecule has 2 aromatic rings. The van der Waals surface area contributed by atoms with Gasteiger partial charge in [0.05, 0.1) is 11.7 Å². The number of nitrogens with zero attached hydrogens (tertiary/aromatic N) is 1. The number of thiazole rings is 1. The molecule has 0 aliphatic carbocycles. The van der Waals surface area contributed by atoms with E-state index >= 15 is 0 Å². The Bertz CT molecular complexity index is 515. The summed E-state index contributed by atoms with van der Waals surface area (Å²) in [5, 5.41) is 6.58. The quantitative estimate of drug-likeness (QED) is 0.891. The van der Waals surface area contributed by atoms with Crippen molar-refractivity contribution in [1.29, 1.82) is 0 Å². The second-order valence-electron chi connectivity index (χ2n) is 4.59. The van der Waals surface area contributed by atoms with E-state index in [1.54, 1.807) is 23.5 Å². The zero-order valence-corrected chi connectivity index (χ0v) is 10.8. The Hall–Kier alpha value is -1.26. The third kappa shape index (κ3) is 2.44. The molecule has 2 heterocycles. The minimum atomic E-state index is -0.204. The van der Waals surface area contributed by atoms with E-state index in [4.69, 9.17) is 0 Å². The summed E-state index contributed by atoms with van der Waals surface area (Å²) in [5.74, 6) is -0.204. The summed E-state index contributed by atoms with van der Waals surface area (Å²) in [7, 11) is 0. The van der Waals surface area contributed by atoms with Gasteiger partial charge in [-0.1, -0.05) is 6.42 Å². The van der Waals surface area contributed by atoms with Crippen LogP contribution >= 0.6 is 11.3 Å². The molecule has 0 amide bonds. The van der Waals surface area contributed by atoms with Gasteiger partial charge in [-0.2, -0.15) is 0 Å². The fourth-order valence-corrected chi connectivity index (χ4v) is 3.16. The van der Waals surface area contributed by atoms with Crippen LogP contribution in [0.25, 0.3) is 10.6 Å². The molecular weight excluding hydrogens is 247 g/mol. The van der Waals surface area contributed by atoms with Crippen molar-refractivity contribution in [2.75, 3.05) is 6.54 Å². The summed E-state index contributed by atoms with van der Waals surface area (Å²) in [4.78, 5) is 4.67. The van der Waals surface area contributed by atoms with Crippen LogP contribution < -0.4 is 5.32 Å². The van der Waals surface area contributed by atoms with E-state index in [0.717, 1.165) is 29.2 Å². The van der Waals surface area contributed by atoms with Gasteiger partial charge in [0.25, 0.3) is 0 Å². The van der Waals surface area contributed by atoms with Crippen molar-refractivity contribution < 1.29 is 4.39 Å². The van der Waals surface area contributed by atoms with Gasteiger partial charge in [0, 0.05) is 10.9 Å². The Labute approximate surface area is 110 Å². The van der Waals surface area contributed by atoms with Crippen molar-refractivity contribution in [3.63, 3.8) is 0 Å². The summed E-state index contributed by atoms with van der Waals surface area (Å²) in [6.45, 7) is 1.08. The summed E-state index contributed by atoms with van der Waals surface area (Å²) in [5.41, 5.74) is 2.11. The molecule has 1 unspecified atom stereocenters. The maximum Gasteiger partial charge on any atom is 0.123 e. The first-order valence-corrected chi connectivity index (χ1v) is 7.15. The SMILES string of the molecule is Fc1ccc(-c2nc(C3CCCCN3)cs2)cc1. The van der Waals surface area contributed by atoms with Gasteiger partial charge in [-0.05, 0) is 43.7 Å². The van der Waals surface area contributed by atoms with Crippen LogP contribution in [-0.2, 0) is 0 Å². The smallest absolute Gasteiger partial charge is 0.123 e. The van der Waals surface area contributed by atoms with Crippen molar-refractivity contribution in [3.8, 4) is 10.6 Å². The molecule has 2 nitrogen and oxygen atoms in total. The van der Waals surface area contributed by atoms with Gasteiger partial charge in [-0.3, -0.25) is 0 Å². The van der Waals surface area contributed by atoms with E-state index in [0.29, 0.717) is 6.04 Å². The van der Waals surface area contributed by atoms with Gasteiger partial charge in [0.15, 0.2) is 0 Å². The molecule has 0 radical (unpaired) electrons. The highest BCUT2D eigenvalue weighted by Crippen LogP contribution is 2.29. The fraction of sp³-hybridized carbons (Fsp3) is 0.357. The minimum Gasteiger partial charge on any atom is -0.309 e. The zero-order valence-electron chi connectivity index (χ0n) is 10.0. The highest BCUT2D eigenvalue weighted by Gasteiger charge is 2.17. The minimum absolute atomic E-state index is 0.204. The lowest BCUT2D eigenvalue weighted by molar-refractivity contribution is 0.407. The molecule has 3 rings (SSSR count). The first-order valence-electron chi connectivity index (χ1n) is 6.28. The number of benzene rings is 1. The van der Waals surface area contributed by atoms with Crippen molar-refractivity contribution in [2.45, 2.75) is 25.3 Å². The average Bonchev–Trinajstić information content (AvgIpc) is 2.90. The van der Waals surface area contributed by atoms with E-state index < -0.39 is 0 Å². The molecule has 1 N–H and O–H groups in total. The predicted octanol–water partition coefficient (Wildman–Crippen LogP) is 3.76. The van der Waals surface area contributed by atoms with Gasteiger partial charge >= 0.3 is 0 Å². The van der Waals surface area contributed by atoms with Crippen LogP contribution in [-0.4, -0.2) is 11.5 Å². The Morgan fingerprint density at radius 2 is 2.06 bits per heavy atom. The Kier molecular flexibility index (Phi) is 3.39. The molecule has 0 spiro atoms. The van der Waals surface area contributed by atoms with Gasteiger partial charge in [0.1, 0.15) is 10.8 Å². The second-order valence-corrected chi connectivity index (χ2v) is 5.45. The van der Waals surface area contributed by atoms with Gasteiger partial charge in [-0.15, -0.1) is 11.3 Å². The van der Waals surface area contributed by atoms with Crippen LogP contribution in [0, 0.1) is 5.82 Å². The standard InChI is InChI=1S/C14H15FN2S/c15-11-6-4-10(5-7-11)14-17-13(9-18-14)12-3-1-2-8-16-12/h4-7,9,12,16H,1-3,8H2. The van der Waals surface area contributed by atoms with Crippen molar-refractivity contribution in [3.05, 3.63) is 41.2 Å². The topological polar surface area (TPSA) is 24.9 Å². The van der Waals surface area contributed by atoms with Crippen molar-refractivity contribution >= 4 is 11.3 Å². The summed E-state index contributed by atoms with van der Waals surface area (Å²) in [6.07, 6.45) is 3.68. The molecule has 18 heavy (non-hydrogen) atoms. The van der Waals surface area contributed by atoms with Crippen LogP contribution in [0.4, 0.5) is 4.39 Å². The molecule has 0 saturated carbocycles. The molecule has 1 atom stereocenters. The Morgan fingerprint density at radius 3 is 2.78 bits per heavy atom. The number of piperidine rings is 1. The fourth-order valence-electron chi connectivity index (χ4n) is 2.28. The summed E-state index contributed by atoms with van der Waals surface area (Å²) in [6, 6.07) is 6.92. The van der Waals surface area contributed by atoms with Crippen molar-refractivity contribution in [2.24, 2.45) is 0 Å². The van der Waals surface area contributed by atoms with Gasteiger partial charge in [0.2, 0.25) is 0 Å². The Balaban J connectivity index is 1.82. The number of rotatable bonds is 2. The van der Waals surface area contributed by atoms with E-state index in [9.17, 15) is 4.39 Å². The van der Waals surface area contributed by atoms with E-state index in [1.165, 1.54) is 25.0 Å². The lowest BCUT2D eigenvalue weighted by Crippen LogP contribution is -2.26. The third-order valence-corrected chi connectivity index (χ3v) is 4.19. The van der Waals surface area contributed by atoms with Crippen LogP contribution in [0.1, 0.15) is 31.0 Å². The average molecular weight is 262 g/mol. The van der Waals surface area contributed by atoms with Crippen LogP contribution in [0.15, 0.2) is 29.6 Å². The molecule has 0 bridgehead atoms. The molecule has 1 aromatic carbocycles. The number of halogens is 1. The number of nitrogens with one attached hydrogen (secondary N) is 1. The molecular formula is C14H15FN2S. The maximum atomic E-state index is 12.9. The normalized spacial score (nSPS) is 19.9.